The van der Waals surface area contributed by atoms with Gasteiger partial charge in [0.2, 0.25) is 5.28 Å². The van der Waals surface area contributed by atoms with E-state index in [2.05, 4.69) is 53.0 Å². The molecule has 0 bridgehead atoms. The maximum absolute atomic E-state index is 12.6. The van der Waals surface area contributed by atoms with Gasteiger partial charge in [0.1, 0.15) is 16.2 Å². The minimum atomic E-state index is -0.507. The Hall–Kier alpha value is -2.38. The van der Waals surface area contributed by atoms with Crippen LogP contribution in [0.4, 0.5) is 10.6 Å². The van der Waals surface area contributed by atoms with Crippen molar-refractivity contribution in [3.05, 3.63) is 40.0 Å². The van der Waals surface area contributed by atoms with Gasteiger partial charge in [-0.15, -0.1) is 11.3 Å². The van der Waals surface area contributed by atoms with Gasteiger partial charge in [-0.1, -0.05) is 29.8 Å². The molecule has 0 N–H and O–H groups in total. The fourth-order valence-corrected chi connectivity index (χ4v) is 5.26. The van der Waals surface area contributed by atoms with E-state index in [-0.39, 0.29) is 11.4 Å². The third-order valence-corrected chi connectivity index (χ3v) is 6.64. The molecule has 1 fully saturated rings. The fourth-order valence-electron chi connectivity index (χ4n) is 4.00. The number of ether oxygens (including phenoxy) is 1. The van der Waals surface area contributed by atoms with E-state index in [1.54, 1.807) is 16.2 Å². The highest BCUT2D eigenvalue weighted by molar-refractivity contribution is 7.19. The predicted molar refractivity (Wildman–Crippen MR) is 132 cm³/mol. The van der Waals surface area contributed by atoms with Crippen LogP contribution in [0.25, 0.3) is 21.3 Å². The molecule has 1 saturated heterocycles. The average molecular weight is 473 g/mol. The number of benzene rings is 1. The largest absolute Gasteiger partial charge is 0.444 e. The second-order valence-corrected chi connectivity index (χ2v) is 10.7. The summed E-state index contributed by atoms with van der Waals surface area (Å²) in [5.41, 5.74) is 3.02. The van der Waals surface area contributed by atoms with Crippen molar-refractivity contribution in [3.8, 4) is 11.1 Å². The predicted octanol–water partition coefficient (Wildman–Crippen LogP) is 6.08. The number of halogens is 1. The Morgan fingerprint density at radius 3 is 2.47 bits per heavy atom. The van der Waals surface area contributed by atoms with Crippen LogP contribution < -0.4 is 4.90 Å². The molecule has 8 heteroatoms. The van der Waals surface area contributed by atoms with Crippen LogP contribution >= 0.6 is 22.9 Å². The van der Waals surface area contributed by atoms with Gasteiger partial charge in [-0.05, 0) is 58.2 Å². The number of hydrogen-bond donors (Lipinski definition) is 0. The first kappa shape index (κ1) is 22.8. The van der Waals surface area contributed by atoms with Crippen molar-refractivity contribution in [2.24, 2.45) is 0 Å². The fraction of sp³-hybridized carbons (Fsp3) is 0.458. The van der Waals surface area contributed by atoms with Crippen LogP contribution in [0.5, 0.6) is 0 Å². The molecule has 6 nitrogen and oxygen atoms in total. The molecule has 0 radical (unpaired) electrons. The summed E-state index contributed by atoms with van der Waals surface area (Å²) in [6.45, 7) is 12.5. The topological polar surface area (TPSA) is 58.6 Å². The number of carbonyl (C=O) groups is 1. The number of fused-ring (bicyclic) bond motifs is 1. The Morgan fingerprint density at radius 2 is 1.78 bits per heavy atom. The highest BCUT2D eigenvalue weighted by atomic mass is 35.5. The van der Waals surface area contributed by atoms with Crippen LogP contribution in [-0.2, 0) is 4.74 Å². The Balaban J connectivity index is 1.70. The van der Waals surface area contributed by atoms with E-state index in [9.17, 15) is 4.79 Å². The Bertz CT molecular complexity index is 1140. The molecule has 1 aromatic carbocycles. The average Bonchev–Trinajstić information content (AvgIpc) is 2.87. The maximum atomic E-state index is 12.6. The second-order valence-electron chi connectivity index (χ2n) is 9.20. The third-order valence-electron chi connectivity index (χ3n) is 5.47. The Morgan fingerprint density at radius 1 is 1.06 bits per heavy atom. The van der Waals surface area contributed by atoms with Gasteiger partial charge in [0, 0.05) is 36.6 Å². The van der Waals surface area contributed by atoms with Gasteiger partial charge in [-0.2, -0.15) is 4.98 Å². The highest BCUT2D eigenvalue weighted by Crippen LogP contribution is 2.42. The molecule has 0 aliphatic carbocycles. The van der Waals surface area contributed by atoms with Gasteiger partial charge in [0.05, 0.1) is 5.39 Å². The number of aryl methyl sites for hydroxylation is 2. The van der Waals surface area contributed by atoms with E-state index in [0.717, 1.165) is 40.1 Å². The molecule has 32 heavy (non-hydrogen) atoms. The van der Waals surface area contributed by atoms with E-state index in [1.165, 1.54) is 10.4 Å². The number of anilines is 1. The summed E-state index contributed by atoms with van der Waals surface area (Å²) < 4.78 is 5.58. The molecule has 0 spiro atoms. The van der Waals surface area contributed by atoms with Crippen molar-refractivity contribution in [2.45, 2.75) is 46.6 Å². The lowest BCUT2D eigenvalue weighted by atomic mass is 10.0. The van der Waals surface area contributed by atoms with Crippen LogP contribution in [0.3, 0.4) is 0 Å². The lowest BCUT2D eigenvalue weighted by molar-refractivity contribution is 0.0263. The highest BCUT2D eigenvalue weighted by Gasteiger charge is 2.27. The van der Waals surface area contributed by atoms with Crippen molar-refractivity contribution < 1.29 is 9.53 Å². The molecule has 0 atom stereocenters. The molecule has 3 heterocycles. The van der Waals surface area contributed by atoms with E-state index >= 15 is 0 Å². The smallest absolute Gasteiger partial charge is 0.410 e. The minimum absolute atomic E-state index is 0.248. The summed E-state index contributed by atoms with van der Waals surface area (Å²) in [6, 6.07) is 8.54. The molecule has 2 aromatic heterocycles. The first-order chi connectivity index (χ1) is 15.1. The number of nitrogens with zero attached hydrogens (tertiary/aromatic N) is 4. The monoisotopic (exact) mass is 472 g/mol. The summed E-state index contributed by atoms with van der Waals surface area (Å²) in [4.78, 5) is 27.9. The number of hydrogen-bond acceptors (Lipinski definition) is 6. The number of amides is 1. The van der Waals surface area contributed by atoms with Crippen LogP contribution in [0.2, 0.25) is 5.28 Å². The van der Waals surface area contributed by atoms with E-state index in [0.29, 0.717) is 19.6 Å². The molecule has 0 unspecified atom stereocenters. The van der Waals surface area contributed by atoms with Crippen molar-refractivity contribution in [1.29, 1.82) is 0 Å². The Labute approximate surface area is 198 Å². The number of carbonyl (C=O) groups excluding carboxylic acids is 1. The third kappa shape index (κ3) is 4.84. The first-order valence-corrected chi connectivity index (χ1v) is 12.1. The molecular weight excluding hydrogens is 444 g/mol. The number of thiophene rings is 1. The first-order valence-electron chi connectivity index (χ1n) is 10.9. The Kier molecular flexibility index (Phi) is 6.32. The van der Waals surface area contributed by atoms with Crippen LogP contribution in [-0.4, -0.2) is 52.7 Å². The van der Waals surface area contributed by atoms with Crippen LogP contribution in [0.1, 0.15) is 37.6 Å². The van der Waals surface area contributed by atoms with Crippen LogP contribution in [0, 0.1) is 13.8 Å². The zero-order chi connectivity index (χ0) is 23.0. The normalized spacial score (nSPS) is 15.2. The van der Waals surface area contributed by atoms with Gasteiger partial charge < -0.3 is 14.5 Å². The minimum Gasteiger partial charge on any atom is -0.444 e. The van der Waals surface area contributed by atoms with Gasteiger partial charge in [-0.3, -0.25) is 0 Å². The molecule has 1 aliphatic heterocycles. The van der Waals surface area contributed by atoms with Crippen molar-refractivity contribution in [3.63, 3.8) is 0 Å². The lowest BCUT2D eigenvalue weighted by Crippen LogP contribution is -2.39. The molecular formula is C24H29ClN4O2S. The van der Waals surface area contributed by atoms with Gasteiger partial charge in [0.25, 0.3) is 0 Å². The van der Waals surface area contributed by atoms with Crippen LogP contribution in [0.15, 0.2) is 24.3 Å². The molecule has 3 aromatic rings. The summed E-state index contributed by atoms with van der Waals surface area (Å²) in [5, 5.41) is 1.28. The zero-order valence-electron chi connectivity index (χ0n) is 19.2. The number of aromatic nitrogens is 2. The molecule has 1 aliphatic rings. The summed E-state index contributed by atoms with van der Waals surface area (Å²) in [5.74, 6) is 0.839. The second kappa shape index (κ2) is 8.87. The standard InChI is InChI=1S/C24H29ClN4O2S/c1-15-7-9-17(10-8-15)18-16(2)32-21-19(18)20(26-22(25)27-21)28-11-6-12-29(14-13-28)23(30)31-24(3,4)5/h7-10H,6,11-14H2,1-5H3. The summed E-state index contributed by atoms with van der Waals surface area (Å²) in [7, 11) is 0. The SMILES string of the molecule is Cc1ccc(-c2c(C)sc3nc(Cl)nc(N4CCCN(C(=O)OC(C)(C)C)CC4)c23)cc1. The molecule has 4 rings (SSSR count). The quantitative estimate of drug-likeness (QED) is 0.423. The number of rotatable bonds is 2. The van der Waals surface area contributed by atoms with Gasteiger partial charge in [0.15, 0.2) is 0 Å². The van der Waals surface area contributed by atoms with E-state index in [4.69, 9.17) is 16.3 Å². The zero-order valence-corrected chi connectivity index (χ0v) is 20.8. The maximum Gasteiger partial charge on any atom is 0.410 e. The molecule has 1 amide bonds. The summed E-state index contributed by atoms with van der Waals surface area (Å²) in [6.07, 6.45) is 0.558. The lowest BCUT2D eigenvalue weighted by Gasteiger charge is -2.27. The van der Waals surface area contributed by atoms with Gasteiger partial charge in [-0.25, -0.2) is 9.78 Å². The van der Waals surface area contributed by atoms with Gasteiger partial charge >= 0.3 is 6.09 Å². The molecule has 0 saturated carbocycles. The summed E-state index contributed by atoms with van der Waals surface area (Å²) >= 11 is 7.98. The van der Waals surface area contributed by atoms with Crippen molar-refractivity contribution in [2.75, 3.05) is 31.1 Å². The molecule has 170 valence electrons. The van der Waals surface area contributed by atoms with Crippen molar-refractivity contribution in [1.82, 2.24) is 14.9 Å². The van der Waals surface area contributed by atoms with E-state index < -0.39 is 5.60 Å². The van der Waals surface area contributed by atoms with Crippen molar-refractivity contribution >= 4 is 45.1 Å². The van der Waals surface area contributed by atoms with E-state index in [1.807, 2.05) is 20.8 Å².